The number of hydrogen-bond donors (Lipinski definition) is 0. The zero-order chi connectivity index (χ0) is 38.2. The summed E-state index contributed by atoms with van der Waals surface area (Å²) in [6, 6.07) is 59.2. The van der Waals surface area contributed by atoms with E-state index in [4.69, 9.17) is 23.8 Å². The van der Waals surface area contributed by atoms with E-state index in [0.717, 1.165) is 94.7 Å². The molecule has 3 aromatic heterocycles. The Morgan fingerprint density at radius 2 is 1.16 bits per heavy atom. The number of allylic oxidation sites excluding steroid dienone is 1. The van der Waals surface area contributed by atoms with Gasteiger partial charge >= 0.3 is 0 Å². The van der Waals surface area contributed by atoms with Crippen LogP contribution in [-0.2, 0) is 6.42 Å². The van der Waals surface area contributed by atoms with Crippen LogP contribution in [0, 0.1) is 0 Å². The fourth-order valence-corrected chi connectivity index (χ4v) is 8.81. The molecule has 272 valence electrons. The molecule has 1 aliphatic rings. The topological polar surface area (TPSA) is 65.0 Å². The molecule has 3 heterocycles. The Kier molecular flexibility index (Phi) is 7.29. The molecule has 8 aromatic carbocycles. The lowest BCUT2D eigenvalue weighted by Crippen LogP contribution is -2.12. The maximum absolute atomic E-state index is 6.56. The zero-order valence-corrected chi connectivity index (χ0v) is 31.3. The Morgan fingerprint density at radius 1 is 0.448 bits per heavy atom. The summed E-state index contributed by atoms with van der Waals surface area (Å²) in [5, 5.41) is 6.44. The standard InChI is InChI=1S/C53H33N3O2/c1-2-10-32(11-3-1)34-20-23-36(24-21-34)51-54-52(39-25-22-33-12-4-5-14-37(33)30-39)56-53(55-51)43-17-9-18-46-49(43)44-31-38(27-29-45(44)57-46)40-16-8-19-47-48(40)42-28-26-35-13-6-7-15-41(35)50(42)58-47/h1-29,31,39H,30H2. The Labute approximate surface area is 333 Å². The Hall–Kier alpha value is -7.63. The summed E-state index contributed by atoms with van der Waals surface area (Å²) in [6.45, 7) is 0. The Balaban J connectivity index is 1.03. The van der Waals surface area contributed by atoms with Crippen molar-refractivity contribution in [3.63, 3.8) is 0 Å². The summed E-state index contributed by atoms with van der Waals surface area (Å²) in [5.74, 6) is 2.00. The predicted octanol–water partition coefficient (Wildman–Crippen LogP) is 13.8. The average Bonchev–Trinajstić information content (AvgIpc) is 3.88. The van der Waals surface area contributed by atoms with Gasteiger partial charge in [-0.2, -0.15) is 0 Å². The molecule has 0 aliphatic heterocycles. The van der Waals surface area contributed by atoms with Crippen molar-refractivity contribution < 1.29 is 8.83 Å². The third kappa shape index (κ3) is 5.28. The lowest BCUT2D eigenvalue weighted by molar-refractivity contribution is 0.669. The largest absolute Gasteiger partial charge is 0.456 e. The van der Waals surface area contributed by atoms with E-state index >= 15 is 0 Å². The van der Waals surface area contributed by atoms with E-state index in [1.807, 2.05) is 18.2 Å². The smallest absolute Gasteiger partial charge is 0.164 e. The first-order valence-electron chi connectivity index (χ1n) is 19.7. The van der Waals surface area contributed by atoms with E-state index in [-0.39, 0.29) is 5.92 Å². The number of nitrogens with zero attached hydrogens (tertiary/aromatic N) is 3. The van der Waals surface area contributed by atoms with Crippen molar-refractivity contribution in [2.45, 2.75) is 12.3 Å². The molecule has 5 heteroatoms. The van der Waals surface area contributed by atoms with Gasteiger partial charge in [-0.3, -0.25) is 0 Å². The summed E-state index contributed by atoms with van der Waals surface area (Å²) in [4.78, 5) is 15.7. The van der Waals surface area contributed by atoms with E-state index in [0.29, 0.717) is 11.6 Å². The molecule has 11 aromatic rings. The third-order valence-corrected chi connectivity index (χ3v) is 11.7. The minimum Gasteiger partial charge on any atom is -0.456 e. The molecule has 0 bridgehead atoms. The van der Waals surface area contributed by atoms with Crippen molar-refractivity contribution in [1.82, 2.24) is 15.0 Å². The zero-order valence-electron chi connectivity index (χ0n) is 31.3. The van der Waals surface area contributed by atoms with Gasteiger partial charge in [0.25, 0.3) is 0 Å². The van der Waals surface area contributed by atoms with E-state index in [2.05, 4.69) is 164 Å². The quantitative estimate of drug-likeness (QED) is 0.176. The first-order chi connectivity index (χ1) is 28.7. The Morgan fingerprint density at radius 3 is 2.05 bits per heavy atom. The van der Waals surface area contributed by atoms with Crippen LogP contribution >= 0.6 is 0 Å². The molecule has 0 saturated heterocycles. The predicted molar refractivity (Wildman–Crippen MR) is 236 cm³/mol. The van der Waals surface area contributed by atoms with Crippen molar-refractivity contribution in [1.29, 1.82) is 0 Å². The van der Waals surface area contributed by atoms with Gasteiger partial charge in [-0.25, -0.2) is 15.0 Å². The third-order valence-electron chi connectivity index (χ3n) is 11.7. The summed E-state index contributed by atoms with van der Waals surface area (Å²) >= 11 is 0. The number of fused-ring (bicyclic) bond motifs is 9. The minimum atomic E-state index is -0.00622. The number of hydrogen-bond acceptors (Lipinski definition) is 5. The van der Waals surface area contributed by atoms with Gasteiger partial charge in [-0.15, -0.1) is 0 Å². The van der Waals surface area contributed by atoms with Gasteiger partial charge in [-0.1, -0.05) is 152 Å². The van der Waals surface area contributed by atoms with Gasteiger partial charge in [0.15, 0.2) is 11.6 Å². The Bertz CT molecular complexity index is 3430. The van der Waals surface area contributed by atoms with Crippen LogP contribution in [0.25, 0.3) is 106 Å². The van der Waals surface area contributed by atoms with Crippen molar-refractivity contribution in [2.75, 3.05) is 0 Å². The molecular formula is C53H33N3O2. The van der Waals surface area contributed by atoms with Gasteiger partial charge in [-0.05, 0) is 75.5 Å². The van der Waals surface area contributed by atoms with Gasteiger partial charge in [0.2, 0.25) is 0 Å². The average molecular weight is 744 g/mol. The van der Waals surface area contributed by atoms with Crippen LogP contribution in [0.1, 0.15) is 22.9 Å². The first-order valence-corrected chi connectivity index (χ1v) is 19.7. The number of aromatic nitrogens is 3. The van der Waals surface area contributed by atoms with Crippen LogP contribution in [0.15, 0.2) is 185 Å². The van der Waals surface area contributed by atoms with Crippen LogP contribution < -0.4 is 0 Å². The fraction of sp³-hybridized carbons (Fsp3) is 0.0377. The molecule has 0 spiro atoms. The molecule has 1 aliphatic carbocycles. The van der Waals surface area contributed by atoms with Gasteiger partial charge in [0, 0.05) is 44.0 Å². The van der Waals surface area contributed by atoms with Crippen LogP contribution in [-0.4, -0.2) is 15.0 Å². The highest BCUT2D eigenvalue weighted by Crippen LogP contribution is 2.43. The molecule has 12 rings (SSSR count). The van der Waals surface area contributed by atoms with Gasteiger partial charge in [0.1, 0.15) is 28.2 Å². The van der Waals surface area contributed by atoms with E-state index < -0.39 is 0 Å². The summed E-state index contributed by atoms with van der Waals surface area (Å²) in [6.07, 6.45) is 5.24. The van der Waals surface area contributed by atoms with E-state index in [1.54, 1.807) is 0 Å². The van der Waals surface area contributed by atoms with Crippen molar-refractivity contribution in [3.8, 4) is 45.0 Å². The van der Waals surface area contributed by atoms with Gasteiger partial charge < -0.3 is 8.83 Å². The lowest BCUT2D eigenvalue weighted by Gasteiger charge is -2.19. The van der Waals surface area contributed by atoms with Crippen LogP contribution in [0.3, 0.4) is 0 Å². The summed E-state index contributed by atoms with van der Waals surface area (Å²) in [7, 11) is 0. The molecule has 0 amide bonds. The number of furan rings is 2. The highest BCUT2D eigenvalue weighted by molar-refractivity contribution is 6.20. The molecule has 1 unspecified atom stereocenters. The molecule has 5 nitrogen and oxygen atoms in total. The number of benzene rings is 8. The van der Waals surface area contributed by atoms with E-state index in [1.165, 1.54) is 16.7 Å². The lowest BCUT2D eigenvalue weighted by atomic mass is 9.89. The van der Waals surface area contributed by atoms with Crippen LogP contribution in [0.5, 0.6) is 0 Å². The van der Waals surface area contributed by atoms with Crippen molar-refractivity contribution >= 4 is 60.7 Å². The number of rotatable bonds is 5. The SMILES string of the molecule is C1=CC(c2nc(-c3ccc(-c4ccccc4)cc3)nc(-c3cccc4oc5ccc(-c6cccc7oc8c9ccccc9ccc8c67)cc5c34)n2)Cc2ccccc21. The molecule has 1 atom stereocenters. The van der Waals surface area contributed by atoms with Crippen molar-refractivity contribution in [2.24, 2.45) is 0 Å². The molecule has 0 saturated carbocycles. The highest BCUT2D eigenvalue weighted by atomic mass is 16.3. The van der Waals surface area contributed by atoms with E-state index in [9.17, 15) is 0 Å². The fourth-order valence-electron chi connectivity index (χ4n) is 8.81. The second-order valence-electron chi connectivity index (χ2n) is 15.1. The second-order valence-corrected chi connectivity index (χ2v) is 15.1. The maximum Gasteiger partial charge on any atom is 0.164 e. The molecule has 0 radical (unpaired) electrons. The van der Waals surface area contributed by atoms with Crippen LogP contribution in [0.4, 0.5) is 0 Å². The summed E-state index contributed by atoms with van der Waals surface area (Å²) < 4.78 is 13.1. The van der Waals surface area contributed by atoms with Crippen molar-refractivity contribution in [3.05, 3.63) is 193 Å². The van der Waals surface area contributed by atoms with Crippen LogP contribution in [0.2, 0.25) is 0 Å². The summed E-state index contributed by atoms with van der Waals surface area (Å²) in [5.41, 5.74) is 12.2. The first kappa shape index (κ1) is 32.6. The van der Waals surface area contributed by atoms with Gasteiger partial charge in [0.05, 0.1) is 0 Å². The molecule has 58 heavy (non-hydrogen) atoms. The molecule has 0 N–H and O–H groups in total. The molecular weight excluding hydrogens is 711 g/mol. The second kappa shape index (κ2) is 13.0. The maximum atomic E-state index is 6.56. The molecule has 0 fully saturated rings. The minimum absolute atomic E-state index is 0.00622. The highest BCUT2D eigenvalue weighted by Gasteiger charge is 2.23. The monoisotopic (exact) mass is 743 g/mol. The normalized spacial score (nSPS) is 13.9.